The van der Waals surface area contributed by atoms with Gasteiger partial charge in [0.05, 0.1) is 24.7 Å². The Balaban J connectivity index is 1.30. The normalized spacial score (nSPS) is 21.2. The maximum Gasteiger partial charge on any atom is 0.282 e. The van der Waals surface area contributed by atoms with E-state index < -0.39 is 36.9 Å². The van der Waals surface area contributed by atoms with E-state index in [0.29, 0.717) is 42.5 Å². The van der Waals surface area contributed by atoms with Crippen LogP contribution in [0.4, 0.5) is 8.78 Å². The van der Waals surface area contributed by atoms with E-state index in [1.54, 1.807) is 0 Å². The Morgan fingerprint density at radius 3 is 2.44 bits per heavy atom. The van der Waals surface area contributed by atoms with Gasteiger partial charge in [-0.05, 0) is 62.6 Å². The van der Waals surface area contributed by atoms with E-state index in [1.807, 2.05) is 6.07 Å². The summed E-state index contributed by atoms with van der Waals surface area (Å²) < 4.78 is 26.6. The van der Waals surface area contributed by atoms with E-state index in [-0.39, 0.29) is 0 Å². The zero-order chi connectivity index (χ0) is 24.3. The number of carbonyl (C=O) groups excluding carboxylic acids is 2. The number of hydrogen-bond donors (Lipinski definition) is 2. The van der Waals surface area contributed by atoms with Gasteiger partial charge in [0.2, 0.25) is 5.91 Å². The lowest BCUT2D eigenvalue weighted by atomic mass is 10.0. The van der Waals surface area contributed by atoms with Crippen LogP contribution in [-0.4, -0.2) is 54.4 Å². The lowest BCUT2D eigenvalue weighted by Gasteiger charge is -2.40. The minimum atomic E-state index is -2.87. The van der Waals surface area contributed by atoms with Crippen molar-refractivity contribution in [1.82, 2.24) is 15.5 Å². The molecule has 8 heteroatoms. The number of nitrogens with zero attached hydrogens (tertiary/aromatic N) is 2. The van der Waals surface area contributed by atoms with Crippen LogP contribution in [0.3, 0.4) is 0 Å². The van der Waals surface area contributed by atoms with E-state index in [9.17, 15) is 18.4 Å². The van der Waals surface area contributed by atoms with Crippen LogP contribution in [0.25, 0.3) is 0 Å². The molecule has 1 heterocycles. The number of hydrogen-bond acceptors (Lipinski definition) is 4. The van der Waals surface area contributed by atoms with Crippen LogP contribution >= 0.6 is 0 Å². The van der Waals surface area contributed by atoms with Gasteiger partial charge in [0.25, 0.3) is 11.8 Å². The Morgan fingerprint density at radius 1 is 1.15 bits per heavy atom. The molecule has 0 spiro atoms. The molecule has 0 aromatic heterocycles. The zero-order valence-corrected chi connectivity index (χ0v) is 19.1. The molecule has 0 bridgehead atoms. The number of carbonyl (C=O) groups is 2. The zero-order valence-electron chi connectivity index (χ0n) is 19.1. The van der Waals surface area contributed by atoms with Crippen molar-refractivity contribution in [3.8, 4) is 6.07 Å². The second-order valence-electron chi connectivity index (χ2n) is 9.22. The van der Waals surface area contributed by atoms with Gasteiger partial charge in [-0.25, -0.2) is 8.78 Å². The van der Waals surface area contributed by atoms with Gasteiger partial charge in [0.1, 0.15) is 6.04 Å². The Bertz CT molecular complexity index is 1070. The number of aryl methyl sites for hydroxylation is 1. The Labute approximate surface area is 197 Å². The average Bonchev–Trinajstić information content (AvgIpc) is 3.59. The maximum absolute atomic E-state index is 13.3. The minimum absolute atomic E-state index is 0.308. The molecular weight excluding hydrogens is 438 g/mol. The topological polar surface area (TPSA) is 85.2 Å². The van der Waals surface area contributed by atoms with E-state index in [4.69, 9.17) is 5.26 Å². The predicted molar refractivity (Wildman–Crippen MR) is 123 cm³/mol. The first-order chi connectivity index (χ1) is 16.3. The molecule has 178 valence electrons. The number of nitrogens with one attached hydrogen (secondary N) is 2. The number of rotatable bonds is 9. The Hall–Kier alpha value is -3.31. The summed E-state index contributed by atoms with van der Waals surface area (Å²) in [6, 6.07) is 16.1. The minimum Gasteiger partial charge on any atom is -0.340 e. The third-order valence-electron chi connectivity index (χ3n) is 6.41. The Morgan fingerprint density at radius 2 is 1.82 bits per heavy atom. The molecule has 34 heavy (non-hydrogen) atoms. The van der Waals surface area contributed by atoms with Crippen molar-refractivity contribution in [3.05, 3.63) is 70.8 Å². The van der Waals surface area contributed by atoms with Gasteiger partial charge in [0.15, 0.2) is 0 Å². The summed E-state index contributed by atoms with van der Waals surface area (Å²) in [5.41, 5.74) is 3.27. The standard InChI is InChI=1S/C26H28F2N4O2/c1-17-4-8-19(9-5-17)21-13-23(21)30-12-2-3-22(25(34)32-15-26(27,28)16-32)31-24(33)20-10-6-18(14-29)7-11-20/h4-11,21-23,30H,2-3,12-13,15-16H2,1H3,(H,31,33)/t21-,22-,23+/m0/s1. The van der Waals surface area contributed by atoms with Crippen molar-refractivity contribution in [2.24, 2.45) is 0 Å². The highest BCUT2D eigenvalue weighted by Crippen LogP contribution is 2.40. The van der Waals surface area contributed by atoms with Gasteiger partial charge in [-0.2, -0.15) is 5.26 Å². The van der Waals surface area contributed by atoms with Crippen molar-refractivity contribution < 1.29 is 18.4 Å². The number of likely N-dealkylation sites (tertiary alicyclic amines) is 1. The molecule has 4 rings (SSSR count). The SMILES string of the molecule is Cc1ccc([C@@H]2C[C@H]2NCCC[C@H](NC(=O)c2ccc(C#N)cc2)C(=O)N2CC(F)(F)C2)cc1. The summed E-state index contributed by atoms with van der Waals surface area (Å²) in [6.07, 6.45) is 2.02. The summed E-state index contributed by atoms with van der Waals surface area (Å²) >= 11 is 0. The van der Waals surface area contributed by atoms with Crippen molar-refractivity contribution in [3.63, 3.8) is 0 Å². The summed E-state index contributed by atoms with van der Waals surface area (Å²) in [5, 5.41) is 15.1. The molecule has 2 aliphatic rings. The number of halogens is 2. The molecular formula is C26H28F2N4O2. The fourth-order valence-electron chi connectivity index (χ4n) is 4.28. The highest BCUT2D eigenvalue weighted by atomic mass is 19.3. The number of alkyl halides is 2. The third-order valence-corrected chi connectivity index (χ3v) is 6.41. The summed E-state index contributed by atoms with van der Waals surface area (Å²) in [5.74, 6) is -3.34. The first-order valence-corrected chi connectivity index (χ1v) is 11.5. The molecule has 2 aromatic rings. The van der Waals surface area contributed by atoms with Crippen LogP contribution in [0.1, 0.15) is 52.2 Å². The third kappa shape index (κ3) is 5.78. The van der Waals surface area contributed by atoms with Gasteiger partial charge in [-0.3, -0.25) is 9.59 Å². The average molecular weight is 467 g/mol. The lowest BCUT2D eigenvalue weighted by molar-refractivity contribution is -0.167. The highest BCUT2D eigenvalue weighted by Gasteiger charge is 2.47. The van der Waals surface area contributed by atoms with Crippen LogP contribution in [0.5, 0.6) is 0 Å². The fourth-order valence-corrected chi connectivity index (χ4v) is 4.28. The molecule has 0 unspecified atom stereocenters. The largest absolute Gasteiger partial charge is 0.340 e. The van der Waals surface area contributed by atoms with Crippen molar-refractivity contribution in [1.29, 1.82) is 5.26 Å². The van der Waals surface area contributed by atoms with E-state index in [1.165, 1.54) is 35.4 Å². The summed E-state index contributed by atoms with van der Waals surface area (Å²) in [6.45, 7) is 1.49. The van der Waals surface area contributed by atoms with Gasteiger partial charge in [-0.15, -0.1) is 0 Å². The molecule has 2 N–H and O–H groups in total. The Kier molecular flexibility index (Phi) is 6.94. The van der Waals surface area contributed by atoms with E-state index >= 15 is 0 Å². The first kappa shape index (κ1) is 23.8. The van der Waals surface area contributed by atoms with Crippen molar-refractivity contribution >= 4 is 11.8 Å². The molecule has 3 atom stereocenters. The van der Waals surface area contributed by atoms with E-state index in [2.05, 4.69) is 41.8 Å². The number of amides is 2. The van der Waals surface area contributed by atoms with Crippen molar-refractivity contribution in [2.75, 3.05) is 19.6 Å². The lowest BCUT2D eigenvalue weighted by Crippen LogP contribution is -2.62. The fraction of sp³-hybridized carbons (Fsp3) is 0.423. The molecule has 1 saturated carbocycles. The molecule has 2 aromatic carbocycles. The van der Waals surface area contributed by atoms with E-state index in [0.717, 1.165) is 11.3 Å². The summed E-state index contributed by atoms with van der Waals surface area (Å²) in [7, 11) is 0. The second kappa shape index (κ2) is 9.90. The molecule has 2 amide bonds. The van der Waals surface area contributed by atoms with Gasteiger partial charge in [-0.1, -0.05) is 29.8 Å². The van der Waals surface area contributed by atoms with Crippen LogP contribution in [0.15, 0.2) is 48.5 Å². The first-order valence-electron chi connectivity index (χ1n) is 11.5. The number of benzene rings is 2. The quantitative estimate of drug-likeness (QED) is 0.555. The van der Waals surface area contributed by atoms with Crippen LogP contribution in [0, 0.1) is 18.3 Å². The second-order valence-corrected chi connectivity index (χ2v) is 9.22. The highest BCUT2D eigenvalue weighted by molar-refractivity contribution is 5.97. The molecule has 1 saturated heterocycles. The van der Waals surface area contributed by atoms with Crippen LogP contribution in [0.2, 0.25) is 0 Å². The predicted octanol–water partition coefficient (Wildman–Crippen LogP) is 3.37. The smallest absolute Gasteiger partial charge is 0.282 e. The molecule has 2 fully saturated rings. The molecule has 6 nitrogen and oxygen atoms in total. The summed E-state index contributed by atoms with van der Waals surface area (Å²) in [4.78, 5) is 26.6. The van der Waals surface area contributed by atoms with Crippen molar-refractivity contribution in [2.45, 2.75) is 50.1 Å². The molecule has 1 aliphatic heterocycles. The van der Waals surface area contributed by atoms with Gasteiger partial charge in [0, 0.05) is 17.5 Å². The molecule has 0 radical (unpaired) electrons. The number of nitriles is 1. The maximum atomic E-state index is 13.3. The van der Waals surface area contributed by atoms with Crippen LogP contribution < -0.4 is 10.6 Å². The van der Waals surface area contributed by atoms with Gasteiger partial charge >= 0.3 is 0 Å². The molecule has 1 aliphatic carbocycles. The van der Waals surface area contributed by atoms with Gasteiger partial charge < -0.3 is 15.5 Å². The monoisotopic (exact) mass is 466 g/mol. The van der Waals surface area contributed by atoms with Crippen LogP contribution in [-0.2, 0) is 4.79 Å².